The Bertz CT molecular complexity index is 510. The van der Waals surface area contributed by atoms with E-state index in [9.17, 15) is 13.2 Å². The Kier molecular flexibility index (Phi) is 4.11. The summed E-state index contributed by atoms with van der Waals surface area (Å²) >= 11 is 0. The fourth-order valence-electron chi connectivity index (χ4n) is 1.41. The molecular weight excluding hydrogens is 242 g/mol. The van der Waals surface area contributed by atoms with Crippen LogP contribution in [0, 0.1) is 5.92 Å². The van der Waals surface area contributed by atoms with Gasteiger partial charge in [0.25, 0.3) is 0 Å². The first-order chi connectivity index (χ1) is 7.79. The lowest BCUT2D eigenvalue weighted by Crippen LogP contribution is -2.15. The van der Waals surface area contributed by atoms with Gasteiger partial charge in [-0.1, -0.05) is 25.1 Å². The van der Waals surface area contributed by atoms with Gasteiger partial charge in [-0.15, -0.1) is 0 Å². The molecule has 17 heavy (non-hydrogen) atoms. The van der Waals surface area contributed by atoms with Crippen LogP contribution in [0.5, 0.6) is 0 Å². The SMILES string of the molecule is CC(Cc1ccccc1NS(C)(=O)=O)C(=O)O. The minimum Gasteiger partial charge on any atom is -0.481 e. The maximum atomic E-state index is 11.1. The monoisotopic (exact) mass is 257 g/mol. The van der Waals surface area contributed by atoms with Crippen LogP contribution in [-0.2, 0) is 21.2 Å². The predicted molar refractivity (Wildman–Crippen MR) is 65.4 cm³/mol. The predicted octanol–water partition coefficient (Wildman–Crippen LogP) is 1.32. The van der Waals surface area contributed by atoms with Crippen molar-refractivity contribution in [3.05, 3.63) is 29.8 Å². The number of para-hydroxylation sites is 1. The van der Waals surface area contributed by atoms with Gasteiger partial charge < -0.3 is 5.11 Å². The molecule has 1 unspecified atom stereocenters. The van der Waals surface area contributed by atoms with Crippen molar-refractivity contribution in [1.29, 1.82) is 0 Å². The number of aliphatic carboxylic acids is 1. The molecule has 1 atom stereocenters. The second kappa shape index (κ2) is 5.18. The average molecular weight is 257 g/mol. The van der Waals surface area contributed by atoms with Crippen molar-refractivity contribution in [2.75, 3.05) is 11.0 Å². The third-order valence-corrected chi connectivity index (χ3v) is 2.85. The Balaban J connectivity index is 2.96. The van der Waals surface area contributed by atoms with Gasteiger partial charge in [-0.3, -0.25) is 9.52 Å². The first kappa shape index (κ1) is 13.5. The van der Waals surface area contributed by atoms with Gasteiger partial charge in [-0.25, -0.2) is 8.42 Å². The Hall–Kier alpha value is -1.56. The van der Waals surface area contributed by atoms with E-state index in [0.717, 1.165) is 6.26 Å². The number of carbonyl (C=O) groups is 1. The molecule has 1 rings (SSSR count). The number of carboxylic acid groups (broad SMARTS) is 1. The molecule has 0 aliphatic carbocycles. The van der Waals surface area contributed by atoms with Crippen LogP contribution in [0.15, 0.2) is 24.3 Å². The zero-order valence-electron chi connectivity index (χ0n) is 9.67. The van der Waals surface area contributed by atoms with E-state index in [-0.39, 0.29) is 6.42 Å². The Labute approximate surface area is 101 Å². The molecule has 0 amide bonds. The van der Waals surface area contributed by atoms with Gasteiger partial charge in [-0.05, 0) is 18.1 Å². The molecule has 0 aliphatic rings. The van der Waals surface area contributed by atoms with Crippen molar-refractivity contribution >= 4 is 21.7 Å². The van der Waals surface area contributed by atoms with Crippen LogP contribution in [-0.4, -0.2) is 25.7 Å². The number of carboxylic acids is 1. The highest BCUT2D eigenvalue weighted by Gasteiger charge is 2.14. The lowest BCUT2D eigenvalue weighted by atomic mass is 10.0. The number of hydrogen-bond donors (Lipinski definition) is 2. The number of rotatable bonds is 5. The number of benzene rings is 1. The number of nitrogens with one attached hydrogen (secondary N) is 1. The van der Waals surface area contributed by atoms with Gasteiger partial charge >= 0.3 is 5.97 Å². The molecule has 0 aliphatic heterocycles. The molecule has 1 aromatic carbocycles. The molecular formula is C11H15NO4S. The summed E-state index contributed by atoms with van der Waals surface area (Å²) in [5.74, 6) is -1.46. The van der Waals surface area contributed by atoms with Gasteiger partial charge in [0.1, 0.15) is 0 Å². The van der Waals surface area contributed by atoms with E-state index in [1.165, 1.54) is 0 Å². The van der Waals surface area contributed by atoms with E-state index in [4.69, 9.17) is 5.11 Å². The summed E-state index contributed by atoms with van der Waals surface area (Å²) in [5.41, 5.74) is 1.11. The maximum absolute atomic E-state index is 11.1. The van der Waals surface area contributed by atoms with E-state index in [1.807, 2.05) is 0 Å². The lowest BCUT2D eigenvalue weighted by molar-refractivity contribution is -0.141. The molecule has 5 nitrogen and oxygen atoms in total. The van der Waals surface area contributed by atoms with Crippen LogP contribution >= 0.6 is 0 Å². The Morgan fingerprint density at radius 3 is 2.53 bits per heavy atom. The molecule has 0 saturated carbocycles. The van der Waals surface area contributed by atoms with Crippen LogP contribution in [0.1, 0.15) is 12.5 Å². The molecule has 0 saturated heterocycles. The second-order valence-electron chi connectivity index (χ2n) is 3.97. The first-order valence-electron chi connectivity index (χ1n) is 5.08. The number of anilines is 1. The van der Waals surface area contributed by atoms with Gasteiger partial charge in [-0.2, -0.15) is 0 Å². The summed E-state index contributed by atoms with van der Waals surface area (Å²) in [7, 11) is -3.35. The molecule has 94 valence electrons. The molecule has 6 heteroatoms. The second-order valence-corrected chi connectivity index (χ2v) is 5.72. The average Bonchev–Trinajstić information content (AvgIpc) is 2.18. The zero-order chi connectivity index (χ0) is 13.1. The van der Waals surface area contributed by atoms with Crippen LogP contribution in [0.25, 0.3) is 0 Å². The summed E-state index contributed by atoms with van der Waals surface area (Å²) < 4.78 is 24.7. The van der Waals surface area contributed by atoms with Crippen LogP contribution in [0.3, 0.4) is 0 Å². The third-order valence-electron chi connectivity index (χ3n) is 2.26. The van der Waals surface area contributed by atoms with Gasteiger partial charge in [0.2, 0.25) is 10.0 Å². The highest BCUT2D eigenvalue weighted by Crippen LogP contribution is 2.19. The van der Waals surface area contributed by atoms with Crippen molar-refractivity contribution in [3.63, 3.8) is 0 Å². The quantitative estimate of drug-likeness (QED) is 0.833. The molecule has 0 spiro atoms. The molecule has 0 fully saturated rings. The van der Waals surface area contributed by atoms with Crippen LogP contribution in [0.4, 0.5) is 5.69 Å². The van der Waals surface area contributed by atoms with Crippen LogP contribution in [0.2, 0.25) is 0 Å². The lowest BCUT2D eigenvalue weighted by Gasteiger charge is -2.12. The minimum atomic E-state index is -3.35. The molecule has 1 aromatic rings. The third kappa shape index (κ3) is 4.44. The fourth-order valence-corrected chi connectivity index (χ4v) is 2.01. The Morgan fingerprint density at radius 1 is 1.41 bits per heavy atom. The highest BCUT2D eigenvalue weighted by atomic mass is 32.2. The van der Waals surface area contributed by atoms with E-state index < -0.39 is 21.9 Å². The number of sulfonamides is 1. The smallest absolute Gasteiger partial charge is 0.306 e. The van der Waals surface area contributed by atoms with Gasteiger partial charge in [0.15, 0.2) is 0 Å². The topological polar surface area (TPSA) is 83.5 Å². The molecule has 0 heterocycles. The Morgan fingerprint density at radius 2 is 2.00 bits per heavy atom. The molecule has 0 aromatic heterocycles. The van der Waals surface area contributed by atoms with E-state index in [0.29, 0.717) is 11.3 Å². The molecule has 2 N–H and O–H groups in total. The van der Waals surface area contributed by atoms with E-state index in [2.05, 4.69) is 4.72 Å². The van der Waals surface area contributed by atoms with Crippen molar-refractivity contribution < 1.29 is 18.3 Å². The minimum absolute atomic E-state index is 0.286. The zero-order valence-corrected chi connectivity index (χ0v) is 10.5. The number of hydrogen-bond acceptors (Lipinski definition) is 3. The van der Waals surface area contributed by atoms with Crippen molar-refractivity contribution in [2.45, 2.75) is 13.3 Å². The molecule has 0 radical (unpaired) electrons. The summed E-state index contributed by atoms with van der Waals surface area (Å²) in [6, 6.07) is 6.78. The van der Waals surface area contributed by atoms with Gasteiger partial charge in [0.05, 0.1) is 17.9 Å². The van der Waals surface area contributed by atoms with Crippen LogP contribution < -0.4 is 4.72 Å². The van der Waals surface area contributed by atoms with Gasteiger partial charge in [0, 0.05) is 0 Å². The van der Waals surface area contributed by atoms with E-state index in [1.54, 1.807) is 31.2 Å². The highest BCUT2D eigenvalue weighted by molar-refractivity contribution is 7.92. The van der Waals surface area contributed by atoms with Crippen molar-refractivity contribution in [3.8, 4) is 0 Å². The maximum Gasteiger partial charge on any atom is 0.306 e. The van der Waals surface area contributed by atoms with Crippen molar-refractivity contribution in [2.24, 2.45) is 5.92 Å². The largest absolute Gasteiger partial charge is 0.481 e. The summed E-state index contributed by atoms with van der Waals surface area (Å²) in [6.45, 7) is 1.58. The fraction of sp³-hybridized carbons (Fsp3) is 0.364. The summed E-state index contributed by atoms with van der Waals surface area (Å²) in [4.78, 5) is 10.8. The van der Waals surface area contributed by atoms with E-state index >= 15 is 0 Å². The standard InChI is InChI=1S/C11H15NO4S/c1-8(11(13)14)7-9-5-3-4-6-10(9)12-17(2,15)16/h3-6,8,12H,7H2,1-2H3,(H,13,14). The first-order valence-corrected chi connectivity index (χ1v) is 6.97. The normalized spacial score (nSPS) is 13.1. The van der Waals surface area contributed by atoms with Crippen molar-refractivity contribution in [1.82, 2.24) is 0 Å². The summed E-state index contributed by atoms with van der Waals surface area (Å²) in [6.07, 6.45) is 1.35. The molecule has 0 bridgehead atoms. The summed E-state index contributed by atoms with van der Waals surface area (Å²) in [5, 5.41) is 8.83.